The van der Waals surface area contributed by atoms with Crippen LogP contribution in [-0.4, -0.2) is 37.8 Å². The molecule has 0 saturated heterocycles. The number of hydrogen-bond acceptors (Lipinski definition) is 6. The second kappa shape index (κ2) is 10.4. The molecule has 1 aromatic carbocycles. The Morgan fingerprint density at radius 2 is 2.08 bits per heavy atom. The number of methoxy groups -OCH3 is 1. The van der Waals surface area contributed by atoms with Gasteiger partial charge in [0.25, 0.3) is 0 Å². The van der Waals surface area contributed by atoms with Gasteiger partial charge in [-0.25, -0.2) is 4.98 Å². The first kappa shape index (κ1) is 19.7. The average molecular weight is 359 g/mol. The lowest BCUT2D eigenvalue weighted by Crippen LogP contribution is -2.16. The van der Waals surface area contributed by atoms with Crippen molar-refractivity contribution in [3.05, 3.63) is 47.7 Å². The maximum atomic E-state index is 11.1. The number of pyridine rings is 1. The van der Waals surface area contributed by atoms with Gasteiger partial charge in [-0.15, -0.1) is 0 Å². The Kier molecular flexibility index (Phi) is 7.85. The van der Waals surface area contributed by atoms with Crippen LogP contribution in [0.5, 0.6) is 17.4 Å². The molecule has 0 atom stereocenters. The molecular formula is C19H25N3O4. The zero-order chi connectivity index (χ0) is 18.8. The van der Waals surface area contributed by atoms with Gasteiger partial charge < -0.3 is 25.3 Å². The van der Waals surface area contributed by atoms with Gasteiger partial charge in [-0.1, -0.05) is 6.07 Å². The van der Waals surface area contributed by atoms with Crippen molar-refractivity contribution in [3.63, 3.8) is 0 Å². The zero-order valence-electron chi connectivity index (χ0n) is 15.2. The highest BCUT2D eigenvalue weighted by molar-refractivity contribution is 5.92. The second-order valence-corrected chi connectivity index (χ2v) is 5.56. The quantitative estimate of drug-likeness (QED) is 0.599. The summed E-state index contributed by atoms with van der Waals surface area (Å²) in [4.78, 5) is 15.2. The van der Waals surface area contributed by atoms with Crippen LogP contribution in [0.2, 0.25) is 0 Å². The predicted molar refractivity (Wildman–Crippen MR) is 98.6 cm³/mol. The van der Waals surface area contributed by atoms with Crippen molar-refractivity contribution >= 4 is 5.91 Å². The van der Waals surface area contributed by atoms with Gasteiger partial charge in [0.15, 0.2) is 11.5 Å². The van der Waals surface area contributed by atoms with Crippen LogP contribution >= 0.6 is 0 Å². The number of nitrogens with one attached hydrogen (secondary N) is 1. The summed E-state index contributed by atoms with van der Waals surface area (Å²) in [7, 11) is 1.59. The van der Waals surface area contributed by atoms with Crippen molar-refractivity contribution in [3.8, 4) is 17.4 Å². The number of carbonyl (C=O) groups is 1. The molecule has 0 radical (unpaired) electrons. The molecule has 140 valence electrons. The van der Waals surface area contributed by atoms with Gasteiger partial charge in [-0.3, -0.25) is 4.79 Å². The molecule has 0 fully saturated rings. The van der Waals surface area contributed by atoms with Crippen LogP contribution < -0.4 is 20.5 Å². The van der Waals surface area contributed by atoms with E-state index in [1.807, 2.05) is 25.1 Å². The third kappa shape index (κ3) is 6.02. The summed E-state index contributed by atoms with van der Waals surface area (Å²) < 4.78 is 16.4. The lowest BCUT2D eigenvalue weighted by atomic mass is 10.2. The standard InChI is InChI=1S/C19H25N3O4/c1-3-25-10-4-9-21-12-14-5-7-16(17(11-14)24-2)26-18-8-6-15(13-22-18)19(20)23/h5-8,11,13,21H,3-4,9-10,12H2,1-2H3,(H2,20,23). The van der Waals surface area contributed by atoms with Crippen molar-refractivity contribution in [2.24, 2.45) is 5.73 Å². The lowest BCUT2D eigenvalue weighted by Gasteiger charge is -2.12. The molecule has 0 saturated carbocycles. The highest BCUT2D eigenvalue weighted by Crippen LogP contribution is 2.31. The number of benzene rings is 1. The number of hydrogen-bond donors (Lipinski definition) is 2. The molecule has 2 rings (SSSR count). The third-order valence-corrected chi connectivity index (χ3v) is 3.64. The van der Waals surface area contributed by atoms with E-state index in [2.05, 4.69) is 10.3 Å². The highest BCUT2D eigenvalue weighted by Gasteiger charge is 2.09. The fourth-order valence-electron chi connectivity index (χ4n) is 2.28. The van der Waals surface area contributed by atoms with Gasteiger partial charge in [0.05, 0.1) is 12.7 Å². The Bertz CT molecular complexity index is 704. The summed E-state index contributed by atoms with van der Waals surface area (Å²) in [5.74, 6) is 0.987. The van der Waals surface area contributed by atoms with Crippen LogP contribution in [0.3, 0.4) is 0 Å². The Balaban J connectivity index is 1.94. The molecular weight excluding hydrogens is 334 g/mol. The molecule has 3 N–H and O–H groups in total. The summed E-state index contributed by atoms with van der Waals surface area (Å²) in [5, 5.41) is 3.37. The molecule has 1 heterocycles. The SMILES string of the molecule is CCOCCCNCc1ccc(Oc2ccc(C(N)=O)cn2)c(OC)c1. The zero-order valence-corrected chi connectivity index (χ0v) is 15.2. The summed E-state index contributed by atoms with van der Waals surface area (Å²) in [6.45, 7) is 5.12. The van der Waals surface area contributed by atoms with E-state index in [9.17, 15) is 4.79 Å². The number of aromatic nitrogens is 1. The molecule has 0 unspecified atom stereocenters. The molecule has 0 aliphatic rings. The second-order valence-electron chi connectivity index (χ2n) is 5.56. The monoisotopic (exact) mass is 359 g/mol. The first-order chi connectivity index (χ1) is 12.6. The van der Waals surface area contributed by atoms with Gasteiger partial charge >= 0.3 is 0 Å². The largest absolute Gasteiger partial charge is 0.493 e. The molecule has 0 spiro atoms. The maximum Gasteiger partial charge on any atom is 0.250 e. The Morgan fingerprint density at radius 3 is 2.73 bits per heavy atom. The van der Waals surface area contributed by atoms with Gasteiger partial charge in [0, 0.05) is 32.0 Å². The third-order valence-electron chi connectivity index (χ3n) is 3.64. The topological polar surface area (TPSA) is 95.7 Å². The molecule has 1 aromatic heterocycles. The maximum absolute atomic E-state index is 11.1. The van der Waals surface area contributed by atoms with E-state index in [4.69, 9.17) is 19.9 Å². The summed E-state index contributed by atoms with van der Waals surface area (Å²) in [6.07, 6.45) is 2.35. The van der Waals surface area contributed by atoms with Crippen LogP contribution in [0.15, 0.2) is 36.5 Å². The smallest absolute Gasteiger partial charge is 0.250 e. The average Bonchev–Trinajstić information content (AvgIpc) is 2.66. The number of nitrogens with zero attached hydrogens (tertiary/aromatic N) is 1. The highest BCUT2D eigenvalue weighted by atomic mass is 16.5. The van der Waals surface area contributed by atoms with E-state index in [-0.39, 0.29) is 0 Å². The molecule has 0 aliphatic carbocycles. The minimum absolute atomic E-state index is 0.329. The van der Waals surface area contributed by atoms with Crippen LogP contribution in [0.25, 0.3) is 0 Å². The fourth-order valence-corrected chi connectivity index (χ4v) is 2.28. The Hall–Kier alpha value is -2.64. The van der Waals surface area contributed by atoms with Gasteiger partial charge in [0.1, 0.15) is 0 Å². The van der Waals surface area contributed by atoms with Crippen molar-refractivity contribution in [2.75, 3.05) is 26.9 Å². The van der Waals surface area contributed by atoms with Gasteiger partial charge in [-0.05, 0) is 43.7 Å². The molecule has 7 nitrogen and oxygen atoms in total. The Labute approximate surface area is 153 Å². The fraction of sp³-hybridized carbons (Fsp3) is 0.368. The van der Waals surface area contributed by atoms with Crippen molar-refractivity contribution < 1.29 is 19.0 Å². The van der Waals surface area contributed by atoms with Crippen LogP contribution in [0.4, 0.5) is 0 Å². The summed E-state index contributed by atoms with van der Waals surface area (Å²) in [5.41, 5.74) is 6.61. The van der Waals surface area contributed by atoms with E-state index in [0.29, 0.717) is 22.9 Å². The molecule has 0 bridgehead atoms. The van der Waals surface area contributed by atoms with E-state index in [0.717, 1.165) is 38.3 Å². The predicted octanol–water partition coefficient (Wildman–Crippen LogP) is 2.50. The molecule has 26 heavy (non-hydrogen) atoms. The summed E-state index contributed by atoms with van der Waals surface area (Å²) in [6, 6.07) is 8.87. The first-order valence-electron chi connectivity index (χ1n) is 8.53. The number of rotatable bonds is 11. The molecule has 7 heteroatoms. The first-order valence-corrected chi connectivity index (χ1v) is 8.53. The number of amides is 1. The van der Waals surface area contributed by atoms with Crippen molar-refractivity contribution in [1.82, 2.24) is 10.3 Å². The normalized spacial score (nSPS) is 10.5. The minimum Gasteiger partial charge on any atom is -0.493 e. The number of nitrogens with two attached hydrogens (primary N) is 1. The van der Waals surface area contributed by atoms with Crippen molar-refractivity contribution in [1.29, 1.82) is 0 Å². The number of primary amides is 1. The number of ether oxygens (including phenoxy) is 3. The van der Waals surface area contributed by atoms with Gasteiger partial charge in [-0.2, -0.15) is 0 Å². The molecule has 2 aromatic rings. The van der Waals surface area contributed by atoms with E-state index in [1.165, 1.54) is 6.20 Å². The lowest BCUT2D eigenvalue weighted by molar-refractivity contribution is 0.1000. The van der Waals surface area contributed by atoms with E-state index >= 15 is 0 Å². The molecule has 1 amide bonds. The van der Waals surface area contributed by atoms with E-state index in [1.54, 1.807) is 19.2 Å². The molecule has 0 aliphatic heterocycles. The van der Waals surface area contributed by atoms with Crippen molar-refractivity contribution in [2.45, 2.75) is 19.9 Å². The van der Waals surface area contributed by atoms with Crippen LogP contribution in [0.1, 0.15) is 29.3 Å². The van der Waals surface area contributed by atoms with E-state index < -0.39 is 5.91 Å². The van der Waals surface area contributed by atoms with Gasteiger partial charge in [0.2, 0.25) is 11.8 Å². The Morgan fingerprint density at radius 1 is 1.23 bits per heavy atom. The number of carbonyl (C=O) groups excluding carboxylic acids is 1. The minimum atomic E-state index is -0.528. The van der Waals surface area contributed by atoms with Crippen LogP contribution in [0, 0.1) is 0 Å². The summed E-state index contributed by atoms with van der Waals surface area (Å²) >= 11 is 0. The van der Waals surface area contributed by atoms with Crippen LogP contribution in [-0.2, 0) is 11.3 Å².